The second-order valence-electron chi connectivity index (χ2n) is 5.35. The zero-order chi connectivity index (χ0) is 13.9. The lowest BCUT2D eigenvalue weighted by Gasteiger charge is -2.40. The van der Waals surface area contributed by atoms with E-state index in [0.717, 1.165) is 25.9 Å². The molecule has 2 aliphatic heterocycles. The van der Waals surface area contributed by atoms with E-state index in [4.69, 9.17) is 0 Å². The van der Waals surface area contributed by atoms with E-state index in [0.29, 0.717) is 13.0 Å². The average Bonchev–Trinajstić information content (AvgIpc) is 2.48. The van der Waals surface area contributed by atoms with Crippen molar-refractivity contribution in [1.29, 1.82) is 0 Å². The molecule has 0 atom stereocenters. The summed E-state index contributed by atoms with van der Waals surface area (Å²) in [6, 6.07) is 10.4. The quantitative estimate of drug-likeness (QED) is 0.890. The number of hydrogen-bond acceptors (Lipinski definition) is 3. The smallest absolute Gasteiger partial charge is 0.324 e. The number of urea groups is 1. The molecule has 0 spiro atoms. The highest BCUT2D eigenvalue weighted by Crippen LogP contribution is 2.23. The molecule has 3 amide bonds. The second kappa shape index (κ2) is 5.53. The molecule has 5 heteroatoms. The normalized spacial score (nSPS) is 21.0. The van der Waals surface area contributed by atoms with Crippen LogP contribution in [0.4, 0.5) is 10.5 Å². The van der Waals surface area contributed by atoms with Crippen LogP contribution < -0.4 is 10.2 Å². The van der Waals surface area contributed by atoms with Crippen molar-refractivity contribution in [3.63, 3.8) is 0 Å². The number of para-hydroxylation sites is 1. The minimum Gasteiger partial charge on any atom is -0.371 e. The Morgan fingerprint density at radius 3 is 2.35 bits per heavy atom. The van der Waals surface area contributed by atoms with Gasteiger partial charge in [-0.25, -0.2) is 4.79 Å². The Bertz CT molecular complexity index is 495. The predicted molar refractivity (Wildman–Crippen MR) is 76.5 cm³/mol. The molecule has 0 saturated carbocycles. The summed E-state index contributed by atoms with van der Waals surface area (Å²) in [5.41, 5.74) is 1.24. The van der Waals surface area contributed by atoms with Crippen molar-refractivity contribution < 1.29 is 9.59 Å². The van der Waals surface area contributed by atoms with Crippen LogP contribution in [0, 0.1) is 0 Å². The Morgan fingerprint density at radius 2 is 1.70 bits per heavy atom. The van der Waals surface area contributed by atoms with Gasteiger partial charge in [0.05, 0.1) is 0 Å². The summed E-state index contributed by atoms with van der Waals surface area (Å²) < 4.78 is 0. The van der Waals surface area contributed by atoms with Gasteiger partial charge in [0.1, 0.15) is 0 Å². The monoisotopic (exact) mass is 273 g/mol. The molecule has 0 aliphatic carbocycles. The number of imide groups is 1. The molecule has 2 heterocycles. The maximum atomic E-state index is 11.8. The summed E-state index contributed by atoms with van der Waals surface area (Å²) in [4.78, 5) is 27.2. The molecule has 20 heavy (non-hydrogen) atoms. The van der Waals surface area contributed by atoms with Crippen LogP contribution in [0.5, 0.6) is 0 Å². The van der Waals surface area contributed by atoms with Crippen LogP contribution in [0.3, 0.4) is 0 Å². The zero-order valence-electron chi connectivity index (χ0n) is 11.4. The van der Waals surface area contributed by atoms with Crippen LogP contribution in [0.25, 0.3) is 0 Å². The summed E-state index contributed by atoms with van der Waals surface area (Å²) in [7, 11) is 0. The number of amides is 3. The molecular formula is C15H19N3O2. The first-order chi connectivity index (χ1) is 9.74. The first-order valence-electron chi connectivity index (χ1n) is 7.14. The topological polar surface area (TPSA) is 52.7 Å². The van der Waals surface area contributed by atoms with Gasteiger partial charge in [0.15, 0.2) is 0 Å². The van der Waals surface area contributed by atoms with Gasteiger partial charge in [-0.05, 0) is 25.0 Å². The Hall–Kier alpha value is -2.04. The molecule has 0 unspecified atom stereocenters. The number of rotatable bonds is 2. The molecule has 1 aromatic rings. The lowest BCUT2D eigenvalue weighted by molar-refractivity contribution is -0.121. The van der Waals surface area contributed by atoms with Gasteiger partial charge in [0.2, 0.25) is 5.91 Å². The molecule has 0 aromatic heterocycles. The van der Waals surface area contributed by atoms with Gasteiger partial charge in [0, 0.05) is 37.8 Å². The van der Waals surface area contributed by atoms with Crippen LogP contribution in [0.1, 0.15) is 19.3 Å². The Balaban J connectivity index is 1.59. The van der Waals surface area contributed by atoms with E-state index in [1.807, 2.05) is 23.1 Å². The van der Waals surface area contributed by atoms with Gasteiger partial charge in [-0.3, -0.25) is 10.1 Å². The fourth-order valence-corrected chi connectivity index (χ4v) is 3.00. The van der Waals surface area contributed by atoms with Gasteiger partial charge in [-0.15, -0.1) is 0 Å². The Kier molecular flexibility index (Phi) is 3.58. The third kappa shape index (κ3) is 2.61. The van der Waals surface area contributed by atoms with Gasteiger partial charge in [0.25, 0.3) is 0 Å². The van der Waals surface area contributed by atoms with E-state index < -0.39 is 0 Å². The van der Waals surface area contributed by atoms with E-state index in [9.17, 15) is 9.59 Å². The number of benzene rings is 1. The predicted octanol–water partition coefficient (Wildman–Crippen LogP) is 1.60. The molecule has 0 bridgehead atoms. The summed E-state index contributed by atoms with van der Waals surface area (Å²) in [6.07, 6.45) is 2.33. The van der Waals surface area contributed by atoms with E-state index in [1.54, 1.807) is 0 Å². The van der Waals surface area contributed by atoms with Crippen molar-refractivity contribution in [2.24, 2.45) is 0 Å². The SMILES string of the molecule is O=C1CCN(C2CCN(c3ccccc3)CC2)C(=O)N1. The molecule has 2 aliphatic rings. The Morgan fingerprint density at radius 1 is 1.00 bits per heavy atom. The molecule has 2 saturated heterocycles. The molecule has 5 nitrogen and oxygen atoms in total. The minimum absolute atomic E-state index is 0.159. The fourth-order valence-electron chi connectivity index (χ4n) is 3.00. The zero-order valence-corrected chi connectivity index (χ0v) is 11.4. The highest BCUT2D eigenvalue weighted by atomic mass is 16.2. The fraction of sp³-hybridized carbons (Fsp3) is 0.467. The standard InChI is InChI=1S/C15H19N3O2/c19-14-8-11-18(15(20)16-14)13-6-9-17(10-7-13)12-4-2-1-3-5-12/h1-5,13H,6-11H2,(H,16,19,20). The van der Waals surface area contributed by atoms with Gasteiger partial charge >= 0.3 is 6.03 Å². The van der Waals surface area contributed by atoms with Gasteiger partial charge in [-0.2, -0.15) is 0 Å². The highest BCUT2D eigenvalue weighted by molar-refractivity contribution is 5.96. The number of carbonyl (C=O) groups is 2. The van der Waals surface area contributed by atoms with Crippen LogP contribution in [-0.2, 0) is 4.79 Å². The van der Waals surface area contributed by atoms with Crippen LogP contribution in [0.15, 0.2) is 30.3 Å². The van der Waals surface area contributed by atoms with E-state index >= 15 is 0 Å². The van der Waals surface area contributed by atoms with Crippen molar-refractivity contribution in [2.45, 2.75) is 25.3 Å². The molecule has 106 valence electrons. The third-order valence-electron chi connectivity index (χ3n) is 4.11. The first kappa shape index (κ1) is 13.0. The van der Waals surface area contributed by atoms with E-state index in [1.165, 1.54) is 5.69 Å². The highest BCUT2D eigenvalue weighted by Gasteiger charge is 2.31. The molecule has 1 N–H and O–H groups in total. The first-order valence-corrected chi connectivity index (χ1v) is 7.14. The van der Waals surface area contributed by atoms with Crippen molar-refractivity contribution >= 4 is 17.6 Å². The number of anilines is 1. The Labute approximate surface area is 118 Å². The van der Waals surface area contributed by atoms with Gasteiger partial charge < -0.3 is 9.80 Å². The maximum Gasteiger partial charge on any atom is 0.324 e. The van der Waals surface area contributed by atoms with Gasteiger partial charge in [-0.1, -0.05) is 18.2 Å². The molecule has 3 rings (SSSR count). The number of carbonyl (C=O) groups excluding carboxylic acids is 2. The summed E-state index contributed by atoms with van der Waals surface area (Å²) in [6.45, 7) is 2.46. The largest absolute Gasteiger partial charge is 0.371 e. The van der Waals surface area contributed by atoms with E-state index in [2.05, 4.69) is 22.3 Å². The van der Waals surface area contributed by atoms with E-state index in [-0.39, 0.29) is 18.0 Å². The maximum absolute atomic E-state index is 11.8. The number of hydrogen-bond donors (Lipinski definition) is 1. The number of nitrogens with one attached hydrogen (secondary N) is 1. The summed E-state index contributed by atoms with van der Waals surface area (Å²) >= 11 is 0. The van der Waals surface area contributed by atoms with Crippen molar-refractivity contribution in [1.82, 2.24) is 10.2 Å². The number of nitrogens with zero attached hydrogens (tertiary/aromatic N) is 2. The lowest BCUT2D eigenvalue weighted by Crippen LogP contribution is -2.56. The lowest BCUT2D eigenvalue weighted by atomic mass is 10.0. The van der Waals surface area contributed by atoms with Crippen molar-refractivity contribution in [3.05, 3.63) is 30.3 Å². The molecule has 2 fully saturated rings. The van der Waals surface area contributed by atoms with Crippen LogP contribution >= 0.6 is 0 Å². The third-order valence-corrected chi connectivity index (χ3v) is 4.11. The van der Waals surface area contributed by atoms with Crippen molar-refractivity contribution in [3.8, 4) is 0 Å². The average molecular weight is 273 g/mol. The van der Waals surface area contributed by atoms with Crippen LogP contribution in [-0.4, -0.2) is 42.5 Å². The van der Waals surface area contributed by atoms with Crippen molar-refractivity contribution in [2.75, 3.05) is 24.5 Å². The molecular weight excluding hydrogens is 254 g/mol. The number of piperidine rings is 1. The second-order valence-corrected chi connectivity index (χ2v) is 5.35. The summed E-state index contributed by atoms with van der Waals surface area (Å²) in [5, 5.41) is 2.40. The van der Waals surface area contributed by atoms with Crippen LogP contribution in [0.2, 0.25) is 0 Å². The minimum atomic E-state index is -0.223. The molecule has 1 aromatic carbocycles. The molecule has 0 radical (unpaired) electrons. The summed E-state index contributed by atoms with van der Waals surface area (Å²) in [5.74, 6) is -0.159.